The number of benzene rings is 2. The highest BCUT2D eigenvalue weighted by atomic mass is 19.4. The topological polar surface area (TPSA) is 67.2 Å². The maximum Gasteiger partial charge on any atom is 0.418 e. The average Bonchev–Trinajstić information content (AvgIpc) is 3.13. The molecule has 2 aromatic carbocycles. The average molecular weight is 502 g/mol. The Kier molecular flexibility index (Phi) is 7.04. The van der Waals surface area contributed by atoms with Gasteiger partial charge in [-0.3, -0.25) is 4.79 Å². The Bertz CT molecular complexity index is 1320. The standard InChI is InChI=1S/C24H19F4N3O.C3H8O/c1-13-20-21(14-6-4-7-15(25)12-14)22-17(9-5-11-19(22)32)29-23(20)31(30-13)18-10-3-2-8-16(18)24(26,27)28;1-3(2)4/h2-4,6-8,10,12,21,29H,5,9,11H2,1H3;3-4H,1-2H3. The molecule has 1 aromatic heterocycles. The smallest absolute Gasteiger partial charge is 0.394 e. The summed E-state index contributed by atoms with van der Waals surface area (Å²) < 4.78 is 56.5. The van der Waals surface area contributed by atoms with Crippen LogP contribution in [-0.2, 0) is 11.0 Å². The van der Waals surface area contributed by atoms with Crippen LogP contribution in [0.1, 0.15) is 61.4 Å². The van der Waals surface area contributed by atoms with Crippen LogP contribution in [0.4, 0.5) is 23.4 Å². The van der Waals surface area contributed by atoms with E-state index in [-0.39, 0.29) is 17.6 Å². The van der Waals surface area contributed by atoms with Crippen LogP contribution in [0.2, 0.25) is 0 Å². The number of nitrogens with zero attached hydrogens (tertiary/aromatic N) is 2. The van der Waals surface area contributed by atoms with Gasteiger partial charge in [0.15, 0.2) is 5.78 Å². The van der Waals surface area contributed by atoms with Gasteiger partial charge in [-0.1, -0.05) is 24.3 Å². The molecule has 0 saturated heterocycles. The minimum atomic E-state index is -4.56. The molecule has 190 valence electrons. The van der Waals surface area contributed by atoms with Crippen LogP contribution in [-0.4, -0.2) is 26.8 Å². The molecular weight excluding hydrogens is 474 g/mol. The first kappa shape index (κ1) is 25.6. The van der Waals surface area contributed by atoms with Gasteiger partial charge >= 0.3 is 6.18 Å². The number of aliphatic hydroxyl groups is 1. The largest absolute Gasteiger partial charge is 0.418 e. The minimum Gasteiger partial charge on any atom is -0.394 e. The molecule has 2 N–H and O–H groups in total. The molecule has 1 atom stereocenters. The third-order valence-corrected chi connectivity index (χ3v) is 6.03. The number of hydrogen-bond acceptors (Lipinski definition) is 4. The molecule has 0 saturated carbocycles. The van der Waals surface area contributed by atoms with Crippen molar-refractivity contribution in [2.75, 3.05) is 5.32 Å². The van der Waals surface area contributed by atoms with E-state index in [9.17, 15) is 22.4 Å². The predicted octanol–water partition coefficient (Wildman–Crippen LogP) is 6.29. The van der Waals surface area contributed by atoms with Crippen LogP contribution in [0.3, 0.4) is 0 Å². The number of aromatic nitrogens is 2. The summed E-state index contributed by atoms with van der Waals surface area (Å²) in [5, 5.41) is 15.7. The molecule has 1 unspecified atom stereocenters. The lowest BCUT2D eigenvalue weighted by atomic mass is 9.76. The van der Waals surface area contributed by atoms with Gasteiger partial charge in [-0.2, -0.15) is 18.3 Å². The van der Waals surface area contributed by atoms with E-state index in [1.54, 1.807) is 32.9 Å². The Morgan fingerprint density at radius 1 is 1.11 bits per heavy atom. The third-order valence-electron chi connectivity index (χ3n) is 6.03. The summed E-state index contributed by atoms with van der Waals surface area (Å²) >= 11 is 0. The summed E-state index contributed by atoms with van der Waals surface area (Å²) in [4.78, 5) is 12.9. The maximum atomic E-state index is 14.1. The number of nitrogens with one attached hydrogen (secondary N) is 1. The van der Waals surface area contributed by atoms with Gasteiger partial charge in [-0.05, 0) is 63.4 Å². The Labute approximate surface area is 206 Å². The number of para-hydroxylation sites is 1. The molecule has 9 heteroatoms. The predicted molar refractivity (Wildman–Crippen MR) is 128 cm³/mol. The van der Waals surface area contributed by atoms with Crippen LogP contribution >= 0.6 is 0 Å². The number of anilines is 1. The molecular formula is C27H27F4N3O2. The second-order valence-electron chi connectivity index (χ2n) is 9.15. The van der Waals surface area contributed by atoms with Crippen LogP contribution in [0.25, 0.3) is 5.69 Å². The zero-order valence-electron chi connectivity index (χ0n) is 20.2. The quantitative estimate of drug-likeness (QED) is 0.405. The van der Waals surface area contributed by atoms with Gasteiger partial charge in [0.2, 0.25) is 0 Å². The Morgan fingerprint density at radius 2 is 1.81 bits per heavy atom. The Morgan fingerprint density at radius 3 is 2.47 bits per heavy atom. The molecule has 1 aliphatic carbocycles. The number of alkyl halides is 3. The number of aliphatic hydroxyl groups excluding tert-OH is 1. The van der Waals surface area contributed by atoms with Gasteiger partial charge < -0.3 is 10.4 Å². The highest BCUT2D eigenvalue weighted by Gasteiger charge is 2.40. The van der Waals surface area contributed by atoms with Crippen molar-refractivity contribution in [2.24, 2.45) is 0 Å². The van der Waals surface area contributed by atoms with E-state index < -0.39 is 23.5 Å². The van der Waals surface area contributed by atoms with Gasteiger partial charge in [-0.25, -0.2) is 9.07 Å². The second-order valence-corrected chi connectivity index (χ2v) is 9.15. The van der Waals surface area contributed by atoms with E-state index in [1.165, 1.54) is 35.0 Å². The van der Waals surface area contributed by atoms with Crippen molar-refractivity contribution in [1.82, 2.24) is 9.78 Å². The fraction of sp³-hybridized carbons (Fsp3) is 0.333. The van der Waals surface area contributed by atoms with Gasteiger partial charge in [-0.15, -0.1) is 0 Å². The highest BCUT2D eigenvalue weighted by Crippen LogP contribution is 2.48. The molecule has 5 rings (SSSR count). The summed E-state index contributed by atoms with van der Waals surface area (Å²) in [7, 11) is 0. The van der Waals surface area contributed by atoms with E-state index in [0.29, 0.717) is 53.2 Å². The molecule has 2 aliphatic rings. The summed E-state index contributed by atoms with van der Waals surface area (Å²) in [6.07, 6.45) is -3.13. The molecule has 36 heavy (non-hydrogen) atoms. The molecule has 0 fully saturated rings. The van der Waals surface area contributed by atoms with Crippen LogP contribution in [0.15, 0.2) is 59.8 Å². The number of carbonyl (C=O) groups is 1. The second kappa shape index (κ2) is 9.89. The summed E-state index contributed by atoms with van der Waals surface area (Å²) in [6, 6.07) is 11.2. The zero-order chi connectivity index (χ0) is 26.2. The zero-order valence-corrected chi connectivity index (χ0v) is 20.2. The van der Waals surface area contributed by atoms with Gasteiger partial charge in [0, 0.05) is 35.3 Å². The number of rotatable bonds is 2. The molecule has 0 radical (unpaired) electrons. The van der Waals surface area contributed by atoms with Crippen molar-refractivity contribution < 1.29 is 27.5 Å². The molecule has 5 nitrogen and oxygen atoms in total. The highest BCUT2D eigenvalue weighted by molar-refractivity contribution is 6.01. The fourth-order valence-electron chi connectivity index (χ4n) is 4.71. The third kappa shape index (κ3) is 4.93. The monoisotopic (exact) mass is 501 g/mol. The van der Waals surface area contributed by atoms with E-state index in [4.69, 9.17) is 5.11 Å². The van der Waals surface area contributed by atoms with Crippen LogP contribution < -0.4 is 5.32 Å². The number of ketones is 1. The van der Waals surface area contributed by atoms with Crippen molar-refractivity contribution in [3.05, 3.63) is 88.0 Å². The van der Waals surface area contributed by atoms with Gasteiger partial charge in [0.25, 0.3) is 0 Å². The van der Waals surface area contributed by atoms with Crippen LogP contribution in [0.5, 0.6) is 0 Å². The summed E-state index contributed by atoms with van der Waals surface area (Å²) in [6.45, 7) is 5.14. The lowest BCUT2D eigenvalue weighted by Crippen LogP contribution is -2.27. The SMILES string of the molecule is CC(C)O.Cc1nn(-c2ccccc2C(F)(F)F)c2c1C(c1cccc(F)c1)C1=C(CCCC1=O)N2. The van der Waals surface area contributed by atoms with Crippen molar-refractivity contribution in [1.29, 1.82) is 0 Å². The fourth-order valence-corrected chi connectivity index (χ4v) is 4.71. The van der Waals surface area contributed by atoms with E-state index >= 15 is 0 Å². The Hall–Kier alpha value is -3.46. The first-order valence-electron chi connectivity index (χ1n) is 11.7. The molecule has 1 aliphatic heterocycles. The first-order valence-corrected chi connectivity index (χ1v) is 11.7. The number of hydrogen-bond donors (Lipinski definition) is 2. The van der Waals surface area contributed by atoms with Crippen molar-refractivity contribution >= 4 is 11.6 Å². The van der Waals surface area contributed by atoms with Crippen molar-refractivity contribution in [2.45, 2.75) is 58.2 Å². The molecule has 3 aromatic rings. The number of fused-ring (bicyclic) bond motifs is 1. The molecule has 2 heterocycles. The van der Waals surface area contributed by atoms with Gasteiger partial charge in [0.05, 0.1) is 16.9 Å². The van der Waals surface area contributed by atoms with E-state index in [1.807, 2.05) is 0 Å². The van der Waals surface area contributed by atoms with Crippen LogP contribution in [0, 0.1) is 12.7 Å². The van der Waals surface area contributed by atoms with Crippen molar-refractivity contribution in [3.8, 4) is 5.69 Å². The number of carbonyl (C=O) groups excluding carboxylic acids is 1. The summed E-state index contributed by atoms with van der Waals surface area (Å²) in [5.41, 5.74) is 1.91. The van der Waals surface area contributed by atoms with Gasteiger partial charge in [0.1, 0.15) is 11.6 Å². The van der Waals surface area contributed by atoms with E-state index in [2.05, 4.69) is 10.4 Å². The minimum absolute atomic E-state index is 0.0403. The number of aryl methyl sites for hydroxylation is 1. The maximum absolute atomic E-state index is 14.1. The normalized spacial score (nSPS) is 17.2. The molecule has 0 amide bonds. The van der Waals surface area contributed by atoms with E-state index in [0.717, 1.165) is 6.07 Å². The lowest BCUT2D eigenvalue weighted by Gasteiger charge is -2.33. The summed E-state index contributed by atoms with van der Waals surface area (Å²) in [5.74, 6) is -0.708. The first-order chi connectivity index (χ1) is 17.0. The van der Waals surface area contributed by atoms with Crippen molar-refractivity contribution in [3.63, 3.8) is 0 Å². The number of Topliss-reactive ketones (excluding diaryl/α,β-unsaturated/α-hetero) is 1. The number of allylic oxidation sites excluding steroid dienone is 2. The number of halogens is 4. The Balaban J connectivity index is 0.000000709. The lowest BCUT2D eigenvalue weighted by molar-refractivity contribution is -0.137. The molecule has 0 bridgehead atoms. The molecule has 0 spiro atoms.